The first-order valence-corrected chi connectivity index (χ1v) is 7.80. The number of nitrogens with zero attached hydrogens (tertiary/aromatic N) is 1. The van der Waals surface area contributed by atoms with Crippen LogP contribution in [0.25, 0.3) is 0 Å². The number of aryl methyl sites for hydroxylation is 1. The molecule has 0 saturated carbocycles. The molecule has 2 heterocycles. The Balaban J connectivity index is 2.23. The lowest BCUT2D eigenvalue weighted by molar-refractivity contribution is -0.134. The Bertz CT molecular complexity index is 689. The first-order chi connectivity index (χ1) is 9.76. The normalized spacial score (nSPS) is 19.4. The van der Waals surface area contributed by atoms with Crippen molar-refractivity contribution in [2.75, 3.05) is 5.75 Å². The fourth-order valence-electron chi connectivity index (χ4n) is 2.13. The number of amides is 2. The number of pyridine rings is 1. The van der Waals surface area contributed by atoms with E-state index < -0.39 is 39.6 Å². The first-order valence-electron chi connectivity index (χ1n) is 6.19. The Morgan fingerprint density at radius 2 is 2.14 bits per heavy atom. The van der Waals surface area contributed by atoms with E-state index in [9.17, 15) is 22.4 Å². The zero-order chi connectivity index (χ0) is 15.6. The zero-order valence-corrected chi connectivity index (χ0v) is 11.7. The van der Waals surface area contributed by atoms with Crippen LogP contribution < -0.4 is 5.32 Å². The van der Waals surface area contributed by atoms with Crippen molar-refractivity contribution in [3.63, 3.8) is 0 Å². The summed E-state index contributed by atoms with van der Waals surface area (Å²) < 4.78 is 43.9. The van der Waals surface area contributed by atoms with E-state index in [2.05, 4.69) is 10.3 Å². The Morgan fingerprint density at radius 1 is 1.43 bits per heavy atom. The van der Waals surface area contributed by atoms with Gasteiger partial charge in [0.25, 0.3) is 10.1 Å². The molecule has 7 nitrogen and oxygen atoms in total. The van der Waals surface area contributed by atoms with Gasteiger partial charge in [-0.2, -0.15) is 12.8 Å². The van der Waals surface area contributed by atoms with E-state index in [1.54, 1.807) is 0 Å². The maximum atomic E-state index is 13.8. The number of hydrogen-bond acceptors (Lipinski definition) is 5. The van der Waals surface area contributed by atoms with Crippen LogP contribution in [0.4, 0.5) is 4.39 Å². The average molecular weight is 316 g/mol. The maximum Gasteiger partial charge on any atom is 0.265 e. The average Bonchev–Trinajstić information content (AvgIpc) is 2.37. The van der Waals surface area contributed by atoms with Gasteiger partial charge < -0.3 is 0 Å². The summed E-state index contributed by atoms with van der Waals surface area (Å²) in [6, 6.07) is 1.34. The Labute approximate surface area is 120 Å². The lowest BCUT2D eigenvalue weighted by atomic mass is 9.90. The quantitative estimate of drug-likeness (QED) is 0.465. The summed E-state index contributed by atoms with van der Waals surface area (Å²) in [5, 5.41) is 2.12. The van der Waals surface area contributed by atoms with Gasteiger partial charge >= 0.3 is 0 Å². The molecule has 9 heteroatoms. The maximum absolute atomic E-state index is 13.8. The standard InChI is InChI=1S/C12H13FN2O5S/c13-11-9(8-1-2-10(16)15-12(8)17)5-7(6-14-11)3-4-21(18,19)20/h5-6,8H,1-4H2,(H,15,16,17)(H,18,19,20). The number of hydrogen-bond donors (Lipinski definition) is 2. The Hall–Kier alpha value is -1.87. The molecule has 0 bridgehead atoms. The highest BCUT2D eigenvalue weighted by Gasteiger charge is 2.30. The fraction of sp³-hybridized carbons (Fsp3) is 0.417. The minimum atomic E-state index is -4.13. The van der Waals surface area contributed by atoms with Gasteiger partial charge in [0, 0.05) is 18.2 Å². The number of piperidine rings is 1. The van der Waals surface area contributed by atoms with E-state index in [0.717, 1.165) is 6.20 Å². The second-order valence-electron chi connectivity index (χ2n) is 4.76. The van der Waals surface area contributed by atoms with Crippen LogP contribution in [0.15, 0.2) is 12.3 Å². The highest BCUT2D eigenvalue weighted by atomic mass is 32.2. The zero-order valence-electron chi connectivity index (χ0n) is 10.9. The summed E-state index contributed by atoms with van der Waals surface area (Å²) in [5.41, 5.74) is 0.404. The minimum absolute atomic E-state index is 0.0211. The van der Waals surface area contributed by atoms with Crippen molar-refractivity contribution in [2.45, 2.75) is 25.2 Å². The monoisotopic (exact) mass is 316 g/mol. The van der Waals surface area contributed by atoms with Gasteiger partial charge in [-0.15, -0.1) is 0 Å². The van der Waals surface area contributed by atoms with Crippen molar-refractivity contribution in [3.8, 4) is 0 Å². The van der Waals surface area contributed by atoms with Crippen molar-refractivity contribution < 1.29 is 27.0 Å². The molecule has 1 unspecified atom stereocenters. The smallest absolute Gasteiger partial charge is 0.265 e. The number of halogens is 1. The van der Waals surface area contributed by atoms with Crippen molar-refractivity contribution >= 4 is 21.9 Å². The molecule has 1 aliphatic rings. The molecule has 1 saturated heterocycles. The van der Waals surface area contributed by atoms with Crippen LogP contribution in [0.5, 0.6) is 0 Å². The molecular formula is C12H13FN2O5S. The summed E-state index contributed by atoms with van der Waals surface area (Å²) >= 11 is 0. The molecule has 114 valence electrons. The van der Waals surface area contributed by atoms with Crippen LogP contribution in [0, 0.1) is 5.95 Å². The molecule has 2 rings (SSSR count). The molecule has 2 N–H and O–H groups in total. The summed E-state index contributed by atoms with van der Waals surface area (Å²) in [7, 11) is -4.13. The van der Waals surface area contributed by atoms with E-state index in [0.29, 0.717) is 5.56 Å². The molecular weight excluding hydrogens is 303 g/mol. The van der Waals surface area contributed by atoms with Crippen LogP contribution in [-0.4, -0.2) is 35.5 Å². The van der Waals surface area contributed by atoms with Crippen molar-refractivity contribution in [2.24, 2.45) is 0 Å². The summed E-state index contributed by atoms with van der Waals surface area (Å²) in [6.45, 7) is 0. The Kier molecular flexibility index (Phi) is 4.33. The van der Waals surface area contributed by atoms with Gasteiger partial charge in [0.05, 0.1) is 11.7 Å². The lowest BCUT2D eigenvalue weighted by Crippen LogP contribution is -2.39. The number of aromatic nitrogens is 1. The van der Waals surface area contributed by atoms with Crippen LogP contribution >= 0.6 is 0 Å². The predicted octanol–water partition coefficient (Wildman–Crippen LogP) is 0.171. The molecule has 1 fully saturated rings. The van der Waals surface area contributed by atoms with Gasteiger partial charge in [-0.3, -0.25) is 19.5 Å². The largest absolute Gasteiger partial charge is 0.296 e. The van der Waals surface area contributed by atoms with Crippen molar-refractivity contribution in [1.82, 2.24) is 10.3 Å². The molecule has 2 amide bonds. The van der Waals surface area contributed by atoms with Gasteiger partial charge in [0.2, 0.25) is 17.8 Å². The highest BCUT2D eigenvalue weighted by Crippen LogP contribution is 2.27. The summed E-state index contributed by atoms with van der Waals surface area (Å²) in [6.07, 6.45) is 1.37. The molecule has 1 aromatic heterocycles. The molecule has 1 atom stereocenters. The van der Waals surface area contributed by atoms with Gasteiger partial charge in [-0.05, 0) is 24.5 Å². The SMILES string of the molecule is O=C1CCC(c2cc(CCS(=O)(=O)O)cnc2F)C(=O)N1. The number of imide groups is 1. The molecule has 0 aliphatic carbocycles. The second-order valence-corrected chi connectivity index (χ2v) is 6.34. The van der Waals surface area contributed by atoms with Crippen molar-refractivity contribution in [3.05, 3.63) is 29.3 Å². The van der Waals surface area contributed by atoms with Gasteiger partial charge in [0.1, 0.15) is 0 Å². The third-order valence-corrected chi connectivity index (χ3v) is 3.91. The van der Waals surface area contributed by atoms with Crippen LogP contribution in [0.2, 0.25) is 0 Å². The first kappa shape index (κ1) is 15.5. The van der Waals surface area contributed by atoms with Crippen LogP contribution in [0.1, 0.15) is 29.9 Å². The number of rotatable bonds is 4. The molecule has 1 aliphatic heterocycles. The second kappa shape index (κ2) is 5.86. The van der Waals surface area contributed by atoms with E-state index in [1.807, 2.05) is 0 Å². The number of nitrogens with one attached hydrogen (secondary N) is 1. The number of carbonyl (C=O) groups is 2. The van der Waals surface area contributed by atoms with Gasteiger partial charge in [-0.25, -0.2) is 4.98 Å². The molecule has 0 spiro atoms. The molecule has 1 aromatic rings. The third-order valence-electron chi connectivity index (χ3n) is 3.19. The minimum Gasteiger partial charge on any atom is -0.296 e. The van der Waals surface area contributed by atoms with E-state index in [4.69, 9.17) is 4.55 Å². The summed E-state index contributed by atoms with van der Waals surface area (Å²) in [5.74, 6) is -3.19. The lowest BCUT2D eigenvalue weighted by Gasteiger charge is -2.21. The topological polar surface area (TPSA) is 113 Å². The summed E-state index contributed by atoms with van der Waals surface area (Å²) in [4.78, 5) is 26.3. The van der Waals surface area contributed by atoms with Crippen molar-refractivity contribution in [1.29, 1.82) is 0 Å². The molecule has 21 heavy (non-hydrogen) atoms. The predicted molar refractivity (Wildman–Crippen MR) is 69.4 cm³/mol. The third kappa shape index (κ3) is 4.05. The van der Waals surface area contributed by atoms with E-state index in [1.165, 1.54) is 6.07 Å². The van der Waals surface area contributed by atoms with E-state index >= 15 is 0 Å². The fourth-order valence-corrected chi connectivity index (χ4v) is 2.62. The van der Waals surface area contributed by atoms with E-state index in [-0.39, 0.29) is 24.8 Å². The highest BCUT2D eigenvalue weighted by molar-refractivity contribution is 7.85. The van der Waals surface area contributed by atoms with Gasteiger partial charge in [-0.1, -0.05) is 0 Å². The molecule has 0 radical (unpaired) electrons. The van der Waals surface area contributed by atoms with Crippen LogP contribution in [0.3, 0.4) is 0 Å². The number of carbonyl (C=O) groups excluding carboxylic acids is 2. The molecule has 0 aromatic carbocycles. The van der Waals surface area contributed by atoms with Crippen LogP contribution in [-0.2, 0) is 26.1 Å². The van der Waals surface area contributed by atoms with Gasteiger partial charge in [0.15, 0.2) is 0 Å². The Morgan fingerprint density at radius 3 is 2.76 bits per heavy atom.